The zero-order chi connectivity index (χ0) is 16.6. The van der Waals surface area contributed by atoms with Crippen LogP contribution in [0.4, 0.5) is 0 Å². The molecule has 0 aliphatic rings. The molecule has 0 unspecified atom stereocenters. The highest BCUT2D eigenvalue weighted by Gasteiger charge is 2.01. The second-order valence-corrected chi connectivity index (χ2v) is 6.32. The van der Waals surface area contributed by atoms with E-state index in [1.54, 1.807) is 0 Å². The summed E-state index contributed by atoms with van der Waals surface area (Å²) in [5.41, 5.74) is 3.32. The first kappa shape index (κ1) is 16.5. The predicted octanol–water partition coefficient (Wildman–Crippen LogP) is 5.65. The van der Waals surface area contributed by atoms with Crippen LogP contribution in [0.1, 0.15) is 16.7 Å². The van der Waals surface area contributed by atoms with Crippen LogP contribution in [0.2, 0.25) is 0 Å². The van der Waals surface area contributed by atoms with Gasteiger partial charge in [0, 0.05) is 16.3 Å². The Morgan fingerprint density at radius 2 is 1.50 bits per heavy atom. The molecule has 0 saturated carbocycles. The van der Waals surface area contributed by atoms with Gasteiger partial charge >= 0.3 is 0 Å². The summed E-state index contributed by atoms with van der Waals surface area (Å²) in [4.78, 5) is 4.54. The van der Waals surface area contributed by atoms with Gasteiger partial charge in [-0.3, -0.25) is 4.99 Å². The normalized spacial score (nSPS) is 10.9. The zero-order valence-corrected chi connectivity index (χ0v) is 14.8. The molecular formula is C21H18BrNO. The Bertz CT molecular complexity index is 798. The Morgan fingerprint density at radius 3 is 2.29 bits per heavy atom. The standard InChI is InChI=1S/C21H18BrNO/c22-20-12-10-17(11-13-20)14-23-15-19-8-4-5-9-21(19)24-16-18-6-2-1-3-7-18/h1-13,15H,14,16H2. The summed E-state index contributed by atoms with van der Waals surface area (Å²) >= 11 is 3.44. The lowest BCUT2D eigenvalue weighted by Crippen LogP contribution is -1.98. The van der Waals surface area contributed by atoms with Crippen LogP contribution < -0.4 is 4.74 Å². The van der Waals surface area contributed by atoms with Gasteiger partial charge in [0.1, 0.15) is 12.4 Å². The maximum atomic E-state index is 5.94. The van der Waals surface area contributed by atoms with Gasteiger partial charge in [-0.25, -0.2) is 0 Å². The fourth-order valence-electron chi connectivity index (χ4n) is 2.29. The molecule has 0 amide bonds. The van der Waals surface area contributed by atoms with E-state index in [0.29, 0.717) is 13.2 Å². The van der Waals surface area contributed by atoms with Crippen LogP contribution in [-0.2, 0) is 13.2 Å². The van der Waals surface area contributed by atoms with E-state index in [4.69, 9.17) is 4.74 Å². The molecule has 0 saturated heterocycles. The van der Waals surface area contributed by atoms with Crippen LogP contribution in [0.3, 0.4) is 0 Å². The Labute approximate surface area is 151 Å². The number of benzene rings is 3. The third-order valence-corrected chi connectivity index (χ3v) is 4.10. The zero-order valence-electron chi connectivity index (χ0n) is 13.2. The molecule has 120 valence electrons. The number of nitrogens with zero attached hydrogens (tertiary/aromatic N) is 1. The number of ether oxygens (including phenoxy) is 1. The molecule has 24 heavy (non-hydrogen) atoms. The molecule has 3 rings (SSSR count). The third kappa shape index (κ3) is 4.80. The molecular weight excluding hydrogens is 362 g/mol. The Morgan fingerprint density at radius 1 is 0.792 bits per heavy atom. The Hall–Kier alpha value is -2.39. The summed E-state index contributed by atoms with van der Waals surface area (Å²) in [6, 6.07) is 26.3. The second-order valence-electron chi connectivity index (χ2n) is 5.41. The quantitative estimate of drug-likeness (QED) is 0.507. The summed E-state index contributed by atoms with van der Waals surface area (Å²) in [6.45, 7) is 1.21. The molecule has 0 aliphatic carbocycles. The Kier molecular flexibility index (Phi) is 5.80. The average Bonchev–Trinajstić information content (AvgIpc) is 2.63. The monoisotopic (exact) mass is 379 g/mol. The highest BCUT2D eigenvalue weighted by atomic mass is 79.9. The van der Waals surface area contributed by atoms with Gasteiger partial charge in [0.25, 0.3) is 0 Å². The van der Waals surface area contributed by atoms with E-state index in [2.05, 4.69) is 45.2 Å². The molecule has 3 heteroatoms. The topological polar surface area (TPSA) is 21.6 Å². The second kappa shape index (κ2) is 8.46. The first-order valence-corrected chi connectivity index (χ1v) is 8.60. The van der Waals surface area contributed by atoms with Gasteiger partial charge in [0.2, 0.25) is 0 Å². The smallest absolute Gasteiger partial charge is 0.128 e. The fraction of sp³-hybridized carbons (Fsp3) is 0.0952. The average molecular weight is 380 g/mol. The number of rotatable bonds is 6. The number of aliphatic imine (C=N–C) groups is 1. The lowest BCUT2D eigenvalue weighted by molar-refractivity contribution is 0.306. The van der Waals surface area contributed by atoms with Crippen LogP contribution >= 0.6 is 15.9 Å². The molecule has 2 nitrogen and oxygen atoms in total. The third-order valence-electron chi connectivity index (χ3n) is 3.57. The van der Waals surface area contributed by atoms with Gasteiger partial charge in [-0.15, -0.1) is 0 Å². The minimum atomic E-state index is 0.554. The molecule has 0 heterocycles. The van der Waals surface area contributed by atoms with Gasteiger partial charge in [-0.2, -0.15) is 0 Å². The van der Waals surface area contributed by atoms with Crippen molar-refractivity contribution in [3.63, 3.8) is 0 Å². The Balaban J connectivity index is 1.65. The van der Waals surface area contributed by atoms with Gasteiger partial charge in [-0.1, -0.05) is 70.5 Å². The molecule has 0 atom stereocenters. The van der Waals surface area contributed by atoms with Crippen molar-refractivity contribution >= 4 is 22.1 Å². The van der Waals surface area contributed by atoms with Crippen LogP contribution in [0.5, 0.6) is 5.75 Å². The highest BCUT2D eigenvalue weighted by molar-refractivity contribution is 9.10. The van der Waals surface area contributed by atoms with E-state index in [0.717, 1.165) is 21.3 Å². The van der Waals surface area contributed by atoms with Crippen molar-refractivity contribution in [2.24, 2.45) is 4.99 Å². The molecule has 0 aromatic heterocycles. The van der Waals surface area contributed by atoms with Gasteiger partial charge < -0.3 is 4.74 Å². The summed E-state index contributed by atoms with van der Waals surface area (Å²) in [5.74, 6) is 0.848. The summed E-state index contributed by atoms with van der Waals surface area (Å²) < 4.78 is 7.02. The first-order valence-electron chi connectivity index (χ1n) is 7.81. The summed E-state index contributed by atoms with van der Waals surface area (Å²) in [6.07, 6.45) is 1.88. The van der Waals surface area contributed by atoms with Gasteiger partial charge in [-0.05, 0) is 35.4 Å². The van der Waals surface area contributed by atoms with Crippen molar-refractivity contribution < 1.29 is 4.74 Å². The number of para-hydroxylation sites is 1. The summed E-state index contributed by atoms with van der Waals surface area (Å²) in [5, 5.41) is 0. The van der Waals surface area contributed by atoms with Gasteiger partial charge in [0.05, 0.1) is 6.54 Å². The molecule has 0 N–H and O–H groups in total. The number of hydrogen-bond acceptors (Lipinski definition) is 2. The lowest BCUT2D eigenvalue weighted by Gasteiger charge is -2.09. The maximum Gasteiger partial charge on any atom is 0.128 e. The van der Waals surface area contributed by atoms with E-state index in [-0.39, 0.29) is 0 Å². The minimum absolute atomic E-state index is 0.554. The molecule has 0 fully saturated rings. The van der Waals surface area contributed by atoms with Crippen molar-refractivity contribution in [1.82, 2.24) is 0 Å². The van der Waals surface area contributed by atoms with Crippen LogP contribution in [-0.4, -0.2) is 6.21 Å². The predicted molar refractivity (Wildman–Crippen MR) is 103 cm³/mol. The fourth-order valence-corrected chi connectivity index (χ4v) is 2.56. The minimum Gasteiger partial charge on any atom is -0.488 e. The van der Waals surface area contributed by atoms with Crippen molar-refractivity contribution in [1.29, 1.82) is 0 Å². The summed E-state index contributed by atoms with van der Waals surface area (Å²) in [7, 11) is 0. The van der Waals surface area contributed by atoms with Crippen molar-refractivity contribution in [3.8, 4) is 5.75 Å². The van der Waals surface area contributed by atoms with E-state index in [9.17, 15) is 0 Å². The van der Waals surface area contributed by atoms with Crippen molar-refractivity contribution in [3.05, 3.63) is 100 Å². The maximum absolute atomic E-state index is 5.94. The van der Waals surface area contributed by atoms with Crippen molar-refractivity contribution in [2.75, 3.05) is 0 Å². The lowest BCUT2D eigenvalue weighted by atomic mass is 10.2. The molecule has 0 aliphatic heterocycles. The van der Waals surface area contributed by atoms with E-state index in [1.165, 1.54) is 5.56 Å². The molecule has 0 spiro atoms. The van der Waals surface area contributed by atoms with Crippen LogP contribution in [0.15, 0.2) is 88.3 Å². The van der Waals surface area contributed by atoms with E-state index in [1.807, 2.05) is 60.8 Å². The molecule has 3 aromatic carbocycles. The molecule has 0 radical (unpaired) electrons. The van der Waals surface area contributed by atoms with Gasteiger partial charge in [0.15, 0.2) is 0 Å². The van der Waals surface area contributed by atoms with Crippen LogP contribution in [0.25, 0.3) is 0 Å². The molecule has 0 bridgehead atoms. The number of halogens is 1. The SMILES string of the molecule is Brc1ccc(CN=Cc2ccccc2OCc2ccccc2)cc1. The largest absolute Gasteiger partial charge is 0.488 e. The van der Waals surface area contributed by atoms with E-state index < -0.39 is 0 Å². The van der Waals surface area contributed by atoms with Crippen LogP contribution in [0, 0.1) is 0 Å². The molecule has 3 aromatic rings. The first-order chi connectivity index (χ1) is 11.8. The number of hydrogen-bond donors (Lipinski definition) is 0. The van der Waals surface area contributed by atoms with Crippen molar-refractivity contribution in [2.45, 2.75) is 13.2 Å². The highest BCUT2D eigenvalue weighted by Crippen LogP contribution is 2.18. The van der Waals surface area contributed by atoms with E-state index >= 15 is 0 Å².